The molecule has 0 radical (unpaired) electrons. The second-order valence-electron chi connectivity index (χ2n) is 7.42. The summed E-state index contributed by atoms with van der Waals surface area (Å²) in [5, 5.41) is 17.2. The summed E-state index contributed by atoms with van der Waals surface area (Å²) in [6, 6.07) is 11.3. The number of para-hydroxylation sites is 1. The monoisotopic (exact) mass is 410 g/mol. The highest BCUT2D eigenvalue weighted by Gasteiger charge is 2.21. The first kappa shape index (κ1) is 20.3. The molecule has 1 aliphatic rings. The van der Waals surface area contributed by atoms with E-state index < -0.39 is 0 Å². The maximum atomic E-state index is 12.3. The van der Waals surface area contributed by atoms with Crippen LogP contribution in [0.1, 0.15) is 35.5 Å². The Balaban J connectivity index is 1.28. The Kier molecular flexibility index (Phi) is 6.56. The minimum Gasteiger partial charge on any atom is -0.483 e. The van der Waals surface area contributed by atoms with Crippen LogP contribution in [0.3, 0.4) is 0 Å². The molecular formula is C22H26N4O4. The molecule has 0 unspecified atom stereocenters. The molecule has 0 aliphatic carbocycles. The Morgan fingerprint density at radius 1 is 1.30 bits per heavy atom. The molecule has 158 valence electrons. The van der Waals surface area contributed by atoms with E-state index in [0.717, 1.165) is 36.7 Å². The zero-order chi connectivity index (χ0) is 20.8. The number of nitrogens with one attached hydrogen (secondary N) is 1. The Bertz CT molecular complexity index is 985. The van der Waals surface area contributed by atoms with Gasteiger partial charge in [-0.15, -0.1) is 0 Å². The molecule has 1 aromatic carbocycles. The van der Waals surface area contributed by atoms with Gasteiger partial charge in [-0.05, 0) is 31.5 Å². The van der Waals surface area contributed by atoms with Gasteiger partial charge < -0.3 is 19.7 Å². The average molecular weight is 410 g/mol. The average Bonchev–Trinajstić information content (AvgIpc) is 3.27. The number of hydrogen-bond acceptors (Lipinski definition) is 7. The van der Waals surface area contributed by atoms with E-state index in [2.05, 4.69) is 20.4 Å². The zero-order valence-corrected chi connectivity index (χ0v) is 16.8. The number of fused-ring (bicyclic) bond motifs is 1. The van der Waals surface area contributed by atoms with Gasteiger partial charge in [-0.2, -0.15) is 0 Å². The number of amides is 1. The number of nitrogens with zero attached hydrogens (tertiary/aromatic N) is 3. The van der Waals surface area contributed by atoms with Gasteiger partial charge in [-0.1, -0.05) is 29.8 Å². The van der Waals surface area contributed by atoms with Crippen molar-refractivity contribution in [1.29, 1.82) is 0 Å². The fourth-order valence-electron chi connectivity index (χ4n) is 3.79. The Labute approximate surface area is 174 Å². The van der Waals surface area contributed by atoms with Gasteiger partial charge in [-0.25, -0.2) is 0 Å². The first-order valence-electron chi connectivity index (χ1n) is 10.3. The molecule has 8 heteroatoms. The first-order chi connectivity index (χ1) is 14.7. The van der Waals surface area contributed by atoms with Crippen molar-refractivity contribution in [1.82, 2.24) is 20.4 Å². The van der Waals surface area contributed by atoms with E-state index in [1.165, 1.54) is 0 Å². The number of aliphatic hydroxyl groups excluding tert-OH is 1. The number of piperidine rings is 1. The van der Waals surface area contributed by atoms with Crippen molar-refractivity contribution in [3.05, 3.63) is 54.0 Å². The third-order valence-electron chi connectivity index (χ3n) is 5.40. The van der Waals surface area contributed by atoms with Crippen LogP contribution in [0.25, 0.3) is 10.9 Å². The van der Waals surface area contributed by atoms with Gasteiger partial charge in [0.05, 0.1) is 6.61 Å². The van der Waals surface area contributed by atoms with Crippen LogP contribution in [0, 0.1) is 0 Å². The van der Waals surface area contributed by atoms with E-state index in [4.69, 9.17) is 9.26 Å². The molecular weight excluding hydrogens is 384 g/mol. The molecule has 4 rings (SSSR count). The molecule has 0 saturated carbocycles. The predicted molar refractivity (Wildman–Crippen MR) is 111 cm³/mol. The minimum atomic E-state index is -0.283. The molecule has 0 bridgehead atoms. The molecule has 8 nitrogen and oxygen atoms in total. The van der Waals surface area contributed by atoms with E-state index in [0.29, 0.717) is 24.6 Å². The summed E-state index contributed by atoms with van der Waals surface area (Å²) < 4.78 is 11.1. The largest absolute Gasteiger partial charge is 0.483 e. The molecule has 1 aliphatic heterocycles. The van der Waals surface area contributed by atoms with Crippen LogP contribution in [0.5, 0.6) is 5.75 Å². The fraction of sp³-hybridized carbons (Fsp3) is 0.409. The van der Waals surface area contributed by atoms with Crippen LogP contribution in [0.15, 0.2) is 47.1 Å². The van der Waals surface area contributed by atoms with Crippen LogP contribution in [-0.4, -0.2) is 58.3 Å². The van der Waals surface area contributed by atoms with Gasteiger partial charge in [-0.3, -0.25) is 14.7 Å². The molecule has 1 fully saturated rings. The van der Waals surface area contributed by atoms with Gasteiger partial charge in [0.25, 0.3) is 5.91 Å². The highest BCUT2D eigenvalue weighted by molar-refractivity contribution is 5.92. The molecule has 1 amide bonds. The molecule has 1 saturated heterocycles. The maximum Gasteiger partial charge on any atom is 0.273 e. The molecule has 30 heavy (non-hydrogen) atoms. The molecule has 2 N–H and O–H groups in total. The SMILES string of the molecule is O=C(NCCN1CCCC[C@H]1CO)c1cc(COc2cccc3cccnc23)on1. The maximum absolute atomic E-state index is 12.3. The summed E-state index contributed by atoms with van der Waals surface area (Å²) >= 11 is 0. The standard InChI is InChI=1S/C22H26N4O4/c27-14-17-7-1-2-11-26(17)12-10-24-22(28)19-13-18(30-25-19)15-29-20-8-3-5-16-6-4-9-23-21(16)20/h3-6,8-9,13,17,27H,1-2,7,10-12,14-15H2,(H,24,28)/t17-/m0/s1. The number of likely N-dealkylation sites (tertiary alicyclic amines) is 1. The normalized spacial score (nSPS) is 17.2. The number of rotatable bonds is 8. The van der Waals surface area contributed by atoms with Gasteiger partial charge >= 0.3 is 0 Å². The Morgan fingerprint density at radius 3 is 3.10 bits per heavy atom. The lowest BCUT2D eigenvalue weighted by atomic mass is 10.0. The predicted octanol–water partition coefficient (Wildman–Crippen LogP) is 2.38. The summed E-state index contributed by atoms with van der Waals surface area (Å²) in [5.74, 6) is 0.828. The number of pyridine rings is 1. The zero-order valence-electron chi connectivity index (χ0n) is 16.8. The highest BCUT2D eigenvalue weighted by atomic mass is 16.5. The summed E-state index contributed by atoms with van der Waals surface area (Å²) in [7, 11) is 0. The summed E-state index contributed by atoms with van der Waals surface area (Å²) in [6.45, 7) is 2.47. The van der Waals surface area contributed by atoms with Crippen LogP contribution in [0.2, 0.25) is 0 Å². The Hall–Kier alpha value is -2.97. The number of carbonyl (C=O) groups excluding carboxylic acids is 1. The lowest BCUT2D eigenvalue weighted by molar-refractivity contribution is 0.0845. The molecule has 0 spiro atoms. The Morgan fingerprint density at radius 2 is 2.20 bits per heavy atom. The fourth-order valence-corrected chi connectivity index (χ4v) is 3.79. The number of benzene rings is 1. The van der Waals surface area contributed by atoms with Crippen molar-refractivity contribution >= 4 is 16.8 Å². The van der Waals surface area contributed by atoms with Gasteiger partial charge in [0, 0.05) is 36.8 Å². The molecule has 1 atom stereocenters. The first-order valence-corrected chi connectivity index (χ1v) is 10.3. The number of carbonyl (C=O) groups is 1. The third kappa shape index (κ3) is 4.77. The van der Waals surface area contributed by atoms with E-state index >= 15 is 0 Å². The van der Waals surface area contributed by atoms with Gasteiger partial charge in [0.2, 0.25) is 0 Å². The van der Waals surface area contributed by atoms with Crippen LogP contribution < -0.4 is 10.1 Å². The smallest absolute Gasteiger partial charge is 0.273 e. The van der Waals surface area contributed by atoms with Crippen LogP contribution in [0.4, 0.5) is 0 Å². The second-order valence-corrected chi connectivity index (χ2v) is 7.42. The molecule has 2 aromatic heterocycles. The lowest BCUT2D eigenvalue weighted by Gasteiger charge is -2.34. The van der Waals surface area contributed by atoms with E-state index in [1.807, 2.05) is 30.3 Å². The van der Waals surface area contributed by atoms with Crippen LogP contribution >= 0.6 is 0 Å². The second kappa shape index (κ2) is 9.69. The molecule has 3 heterocycles. The number of aromatic nitrogens is 2. The van der Waals surface area contributed by atoms with Gasteiger partial charge in [0.1, 0.15) is 17.9 Å². The van der Waals surface area contributed by atoms with Crippen molar-refractivity contribution in [3.8, 4) is 5.75 Å². The van der Waals surface area contributed by atoms with E-state index in [-0.39, 0.29) is 30.9 Å². The van der Waals surface area contributed by atoms with Crippen LogP contribution in [-0.2, 0) is 6.61 Å². The van der Waals surface area contributed by atoms with Crippen molar-refractivity contribution in [2.24, 2.45) is 0 Å². The van der Waals surface area contributed by atoms with E-state index in [1.54, 1.807) is 12.3 Å². The summed E-state index contributed by atoms with van der Waals surface area (Å²) in [6.07, 6.45) is 5.00. The third-order valence-corrected chi connectivity index (χ3v) is 5.40. The lowest BCUT2D eigenvalue weighted by Crippen LogP contribution is -2.45. The number of ether oxygens (including phenoxy) is 1. The topological polar surface area (TPSA) is 101 Å². The van der Waals surface area contributed by atoms with Crippen molar-refractivity contribution in [3.63, 3.8) is 0 Å². The number of hydrogen-bond donors (Lipinski definition) is 2. The summed E-state index contributed by atoms with van der Waals surface area (Å²) in [5.41, 5.74) is 0.998. The molecule has 3 aromatic rings. The quantitative estimate of drug-likeness (QED) is 0.588. The van der Waals surface area contributed by atoms with Crippen molar-refractivity contribution < 1.29 is 19.2 Å². The summed E-state index contributed by atoms with van der Waals surface area (Å²) in [4.78, 5) is 18.9. The van der Waals surface area contributed by atoms with E-state index in [9.17, 15) is 9.90 Å². The minimum absolute atomic E-state index is 0.155. The van der Waals surface area contributed by atoms with Gasteiger partial charge in [0.15, 0.2) is 11.5 Å². The van der Waals surface area contributed by atoms with Crippen molar-refractivity contribution in [2.45, 2.75) is 31.9 Å². The highest BCUT2D eigenvalue weighted by Crippen LogP contribution is 2.24. The number of aliphatic hydroxyl groups is 1. The van der Waals surface area contributed by atoms with Crippen molar-refractivity contribution in [2.75, 3.05) is 26.2 Å².